The van der Waals surface area contributed by atoms with E-state index < -0.39 is 66.2 Å². The third-order valence-corrected chi connectivity index (χ3v) is 7.03. The van der Waals surface area contributed by atoms with Crippen molar-refractivity contribution in [3.63, 3.8) is 0 Å². The average Bonchev–Trinajstić information content (AvgIpc) is 3.01. The van der Waals surface area contributed by atoms with Crippen molar-refractivity contribution in [2.45, 2.75) is 71.1 Å². The van der Waals surface area contributed by atoms with Gasteiger partial charge in [0.05, 0.1) is 14.2 Å². The molecule has 0 bridgehead atoms. The van der Waals surface area contributed by atoms with Crippen LogP contribution in [0.4, 0.5) is 0 Å². The molecule has 2 rings (SSSR count). The van der Waals surface area contributed by atoms with E-state index in [4.69, 9.17) is 9.47 Å². The standard InChI is InChI=1S/C33H44N4O8/c1-20(2)28(32(42)44-5)36-30(40)24(17-22-13-9-7-10-14-22)34-26(38)19-27(39)35-25(18-23-15-11-8-12-16-23)31(41)37-29(21(3)4)33(43)45-6/h7-16,20-21,24-25,28-29H,17-19H2,1-6H3,(H,34,38)(H,35,39)(H,36,40)(H,37,41)/t24-,25-,28-,29-/m0/s1. The Labute approximate surface area is 264 Å². The molecule has 0 fully saturated rings. The van der Waals surface area contributed by atoms with Crippen LogP contribution in [0.15, 0.2) is 60.7 Å². The van der Waals surface area contributed by atoms with Crippen LogP contribution in [0.5, 0.6) is 0 Å². The van der Waals surface area contributed by atoms with Crippen LogP contribution < -0.4 is 21.3 Å². The zero-order valence-electron chi connectivity index (χ0n) is 26.6. The minimum atomic E-state index is -1.12. The van der Waals surface area contributed by atoms with E-state index in [1.807, 2.05) is 12.1 Å². The third kappa shape index (κ3) is 12.0. The molecule has 0 aromatic heterocycles. The summed E-state index contributed by atoms with van der Waals surface area (Å²) in [6, 6.07) is 13.8. The minimum Gasteiger partial charge on any atom is -0.467 e. The van der Waals surface area contributed by atoms with Crippen molar-refractivity contribution in [3.05, 3.63) is 71.8 Å². The summed E-state index contributed by atoms with van der Waals surface area (Å²) in [5, 5.41) is 10.5. The monoisotopic (exact) mass is 624 g/mol. The predicted octanol–water partition coefficient (Wildman–Crippen LogP) is 1.46. The fraction of sp³-hybridized carbons (Fsp3) is 0.455. The van der Waals surface area contributed by atoms with Gasteiger partial charge in [-0.3, -0.25) is 19.2 Å². The largest absolute Gasteiger partial charge is 0.467 e. The Kier molecular flexibility index (Phi) is 14.7. The number of rotatable bonds is 16. The fourth-order valence-electron chi connectivity index (χ4n) is 4.51. The lowest BCUT2D eigenvalue weighted by Crippen LogP contribution is -2.55. The lowest BCUT2D eigenvalue weighted by Gasteiger charge is -2.25. The Bertz CT molecular complexity index is 1200. The van der Waals surface area contributed by atoms with E-state index in [2.05, 4.69) is 21.3 Å². The van der Waals surface area contributed by atoms with Crippen molar-refractivity contribution in [2.75, 3.05) is 14.2 Å². The number of hydrogen-bond donors (Lipinski definition) is 4. The van der Waals surface area contributed by atoms with E-state index in [1.54, 1.807) is 76.2 Å². The maximum Gasteiger partial charge on any atom is 0.328 e. The number of hydrogen-bond acceptors (Lipinski definition) is 8. The van der Waals surface area contributed by atoms with E-state index in [-0.39, 0.29) is 24.7 Å². The molecule has 4 atom stereocenters. The summed E-state index contributed by atoms with van der Waals surface area (Å²) >= 11 is 0. The van der Waals surface area contributed by atoms with Gasteiger partial charge >= 0.3 is 11.9 Å². The molecule has 0 aliphatic rings. The maximum absolute atomic E-state index is 13.3. The Morgan fingerprint density at radius 1 is 0.556 bits per heavy atom. The highest BCUT2D eigenvalue weighted by Crippen LogP contribution is 2.10. The van der Waals surface area contributed by atoms with Crippen LogP contribution in [-0.4, -0.2) is 74.0 Å². The first kappa shape index (κ1) is 36.5. The van der Waals surface area contributed by atoms with Crippen LogP contribution in [0, 0.1) is 11.8 Å². The van der Waals surface area contributed by atoms with Crippen molar-refractivity contribution < 1.29 is 38.2 Å². The van der Waals surface area contributed by atoms with Crippen LogP contribution in [0.1, 0.15) is 45.2 Å². The first-order valence-electron chi connectivity index (χ1n) is 14.8. The number of nitrogens with one attached hydrogen (secondary N) is 4. The second kappa shape index (κ2) is 18.2. The molecule has 0 radical (unpaired) electrons. The lowest BCUT2D eigenvalue weighted by molar-refractivity contribution is -0.147. The molecule has 0 heterocycles. The SMILES string of the molecule is COC(=O)[C@@H](NC(=O)[C@H](Cc1ccccc1)NC(=O)CC(=O)N[C@@H](Cc1ccccc1)C(=O)N[C@H](C(=O)OC)C(C)C)C(C)C. The zero-order chi connectivity index (χ0) is 33.5. The molecule has 0 aliphatic carbocycles. The number of carbonyl (C=O) groups is 6. The summed E-state index contributed by atoms with van der Waals surface area (Å²) in [7, 11) is 2.44. The lowest BCUT2D eigenvalue weighted by atomic mass is 10.0. The molecule has 0 aliphatic heterocycles. The van der Waals surface area contributed by atoms with Gasteiger partial charge in [0, 0.05) is 12.8 Å². The van der Waals surface area contributed by atoms with Crippen molar-refractivity contribution in [2.24, 2.45) is 11.8 Å². The summed E-state index contributed by atoms with van der Waals surface area (Å²) < 4.78 is 9.62. The zero-order valence-corrected chi connectivity index (χ0v) is 26.6. The molecule has 12 nitrogen and oxygen atoms in total. The molecule has 0 spiro atoms. The number of methoxy groups -OCH3 is 2. The summed E-state index contributed by atoms with van der Waals surface area (Å²) in [5.41, 5.74) is 1.48. The highest BCUT2D eigenvalue weighted by atomic mass is 16.5. The molecule has 244 valence electrons. The summed E-state index contributed by atoms with van der Waals surface area (Å²) in [5.74, 6) is -4.62. The van der Waals surface area contributed by atoms with Gasteiger partial charge in [0.2, 0.25) is 23.6 Å². The Balaban J connectivity index is 2.20. The molecule has 12 heteroatoms. The molecule has 2 aromatic carbocycles. The van der Waals surface area contributed by atoms with Gasteiger partial charge in [-0.25, -0.2) is 9.59 Å². The van der Waals surface area contributed by atoms with Gasteiger partial charge in [0.25, 0.3) is 0 Å². The molecule has 0 saturated carbocycles. The Morgan fingerprint density at radius 3 is 1.18 bits per heavy atom. The first-order chi connectivity index (χ1) is 21.4. The molecule has 0 saturated heterocycles. The van der Waals surface area contributed by atoms with E-state index in [0.717, 1.165) is 11.1 Å². The molecule has 4 amide bonds. The van der Waals surface area contributed by atoms with E-state index >= 15 is 0 Å². The second-order valence-corrected chi connectivity index (χ2v) is 11.3. The van der Waals surface area contributed by atoms with Gasteiger partial charge in [0.1, 0.15) is 30.6 Å². The molecule has 45 heavy (non-hydrogen) atoms. The molecule has 2 aromatic rings. The van der Waals surface area contributed by atoms with E-state index in [9.17, 15) is 28.8 Å². The first-order valence-corrected chi connectivity index (χ1v) is 14.8. The molecular weight excluding hydrogens is 580 g/mol. The van der Waals surface area contributed by atoms with Gasteiger partial charge in [-0.05, 0) is 23.0 Å². The van der Waals surface area contributed by atoms with Crippen LogP contribution in [0.25, 0.3) is 0 Å². The van der Waals surface area contributed by atoms with E-state index in [1.165, 1.54) is 14.2 Å². The van der Waals surface area contributed by atoms with Crippen LogP contribution in [0.3, 0.4) is 0 Å². The van der Waals surface area contributed by atoms with Crippen molar-refractivity contribution in [1.82, 2.24) is 21.3 Å². The number of benzene rings is 2. The predicted molar refractivity (Wildman–Crippen MR) is 166 cm³/mol. The topological polar surface area (TPSA) is 169 Å². The smallest absolute Gasteiger partial charge is 0.328 e. The third-order valence-electron chi connectivity index (χ3n) is 7.03. The Morgan fingerprint density at radius 2 is 0.889 bits per heavy atom. The minimum absolute atomic E-state index is 0.0924. The summed E-state index contributed by atoms with van der Waals surface area (Å²) in [6.45, 7) is 6.97. The number of esters is 2. The van der Waals surface area contributed by atoms with Gasteiger partial charge in [-0.1, -0.05) is 88.4 Å². The summed E-state index contributed by atoms with van der Waals surface area (Å²) in [4.78, 5) is 77.2. The number of carbonyl (C=O) groups excluding carboxylic acids is 6. The second-order valence-electron chi connectivity index (χ2n) is 11.3. The molecule has 4 N–H and O–H groups in total. The normalized spacial score (nSPS) is 13.5. The van der Waals surface area contributed by atoms with Gasteiger partial charge in [-0.2, -0.15) is 0 Å². The quantitative estimate of drug-likeness (QED) is 0.161. The highest BCUT2D eigenvalue weighted by Gasteiger charge is 2.32. The van der Waals surface area contributed by atoms with Gasteiger partial charge < -0.3 is 30.7 Å². The maximum atomic E-state index is 13.3. The van der Waals surface area contributed by atoms with Crippen LogP contribution in [-0.2, 0) is 51.1 Å². The van der Waals surface area contributed by atoms with Gasteiger partial charge in [0.15, 0.2) is 0 Å². The molecule has 0 unspecified atom stereocenters. The van der Waals surface area contributed by atoms with E-state index in [0.29, 0.717) is 0 Å². The molecular formula is C33H44N4O8. The van der Waals surface area contributed by atoms with Crippen LogP contribution >= 0.6 is 0 Å². The van der Waals surface area contributed by atoms with Crippen molar-refractivity contribution >= 4 is 35.6 Å². The van der Waals surface area contributed by atoms with Crippen LogP contribution in [0.2, 0.25) is 0 Å². The Hall–Kier alpha value is -4.74. The average molecular weight is 625 g/mol. The summed E-state index contributed by atoms with van der Waals surface area (Å²) in [6.07, 6.45) is -0.503. The van der Waals surface area contributed by atoms with Gasteiger partial charge in [-0.15, -0.1) is 0 Å². The fourth-order valence-corrected chi connectivity index (χ4v) is 4.51. The van der Waals surface area contributed by atoms with Crippen molar-refractivity contribution in [1.29, 1.82) is 0 Å². The number of ether oxygens (including phenoxy) is 2. The van der Waals surface area contributed by atoms with Crippen molar-refractivity contribution in [3.8, 4) is 0 Å². The highest BCUT2D eigenvalue weighted by molar-refractivity contribution is 6.01. The number of amides is 4.